The predicted octanol–water partition coefficient (Wildman–Crippen LogP) is 4.79. The van der Waals surface area contributed by atoms with E-state index in [4.69, 9.17) is 22.1 Å². The topological polar surface area (TPSA) is 35.2 Å². The van der Waals surface area contributed by atoms with Crippen molar-refractivity contribution in [3.05, 3.63) is 50.2 Å². The lowest BCUT2D eigenvalue weighted by Crippen LogP contribution is -2.28. The Morgan fingerprint density at radius 1 is 1.15 bits per heavy atom. The van der Waals surface area contributed by atoms with Crippen LogP contribution < -0.4 is 10.5 Å². The van der Waals surface area contributed by atoms with Crippen LogP contribution in [0.2, 0.25) is 5.02 Å². The zero-order chi connectivity index (χ0) is 14.9. The molecule has 1 aromatic heterocycles. The molecule has 4 heteroatoms. The molecule has 108 valence electrons. The molecule has 2 N–H and O–H groups in total. The van der Waals surface area contributed by atoms with E-state index in [9.17, 15) is 0 Å². The summed E-state index contributed by atoms with van der Waals surface area (Å²) in [5.41, 5.74) is 9.37. The van der Waals surface area contributed by atoms with Crippen molar-refractivity contribution < 1.29 is 4.74 Å². The first-order valence-electron chi connectivity index (χ1n) is 6.63. The number of hydrogen-bond acceptors (Lipinski definition) is 3. The van der Waals surface area contributed by atoms with E-state index in [2.05, 4.69) is 18.4 Å². The van der Waals surface area contributed by atoms with Crippen LogP contribution in [-0.2, 0) is 0 Å². The minimum Gasteiger partial charge on any atom is -0.483 e. The van der Waals surface area contributed by atoms with Crippen molar-refractivity contribution in [2.45, 2.75) is 39.8 Å². The summed E-state index contributed by atoms with van der Waals surface area (Å²) < 4.78 is 6.14. The Balaban J connectivity index is 2.32. The number of rotatable bonds is 4. The zero-order valence-electron chi connectivity index (χ0n) is 12.2. The van der Waals surface area contributed by atoms with Crippen molar-refractivity contribution in [2.24, 2.45) is 5.73 Å². The molecule has 0 aliphatic heterocycles. The molecular weight excluding hydrogens is 290 g/mol. The first kappa shape index (κ1) is 15.4. The summed E-state index contributed by atoms with van der Waals surface area (Å²) in [5, 5.41) is 2.86. The Morgan fingerprint density at radius 2 is 1.75 bits per heavy atom. The van der Waals surface area contributed by atoms with Gasteiger partial charge in [-0.15, -0.1) is 11.3 Å². The number of aryl methyl sites for hydroxylation is 3. The maximum absolute atomic E-state index is 6.20. The van der Waals surface area contributed by atoms with E-state index >= 15 is 0 Å². The van der Waals surface area contributed by atoms with Crippen molar-refractivity contribution in [3.8, 4) is 5.75 Å². The fourth-order valence-electron chi connectivity index (χ4n) is 2.20. The van der Waals surface area contributed by atoms with Gasteiger partial charge in [0.2, 0.25) is 0 Å². The summed E-state index contributed by atoms with van der Waals surface area (Å²) in [6.07, 6.45) is -0.130. The van der Waals surface area contributed by atoms with Crippen LogP contribution in [0.5, 0.6) is 5.75 Å². The molecule has 1 aromatic carbocycles. The average Bonchev–Trinajstić information content (AvgIpc) is 2.78. The lowest BCUT2D eigenvalue weighted by molar-refractivity contribution is 0.183. The van der Waals surface area contributed by atoms with Gasteiger partial charge in [-0.2, -0.15) is 0 Å². The second-order valence-corrected chi connectivity index (χ2v) is 6.56. The Hall–Kier alpha value is -1.03. The Morgan fingerprint density at radius 3 is 2.20 bits per heavy atom. The second-order valence-electron chi connectivity index (χ2n) is 5.24. The normalized spacial score (nSPS) is 14.1. The number of benzene rings is 1. The largest absolute Gasteiger partial charge is 0.483 e. The fraction of sp³-hybridized carbons (Fsp3) is 0.375. The van der Waals surface area contributed by atoms with Gasteiger partial charge in [-0.3, -0.25) is 0 Å². The lowest BCUT2D eigenvalue weighted by Gasteiger charge is -2.23. The molecule has 0 saturated carbocycles. The number of halogens is 1. The number of hydrogen-bond donors (Lipinski definition) is 1. The van der Waals surface area contributed by atoms with Crippen LogP contribution in [0.3, 0.4) is 0 Å². The molecule has 20 heavy (non-hydrogen) atoms. The van der Waals surface area contributed by atoms with Gasteiger partial charge in [-0.05, 0) is 68.0 Å². The zero-order valence-corrected chi connectivity index (χ0v) is 13.8. The molecule has 0 aliphatic carbocycles. The molecule has 0 spiro atoms. The summed E-state index contributed by atoms with van der Waals surface area (Å²) >= 11 is 7.88. The SMILES string of the molecule is Cc1ccsc1C(Oc1cc(C)c(Cl)c(C)c1)C(C)N. The van der Waals surface area contributed by atoms with E-state index in [1.807, 2.05) is 32.9 Å². The fourth-order valence-corrected chi connectivity index (χ4v) is 3.38. The summed E-state index contributed by atoms with van der Waals surface area (Å²) in [7, 11) is 0. The molecule has 0 aliphatic rings. The van der Waals surface area contributed by atoms with Gasteiger partial charge in [0.05, 0.1) is 0 Å². The molecule has 0 fully saturated rings. The smallest absolute Gasteiger partial charge is 0.148 e. The molecule has 0 amide bonds. The molecular formula is C16H20ClNOS. The van der Waals surface area contributed by atoms with Crippen LogP contribution in [0.25, 0.3) is 0 Å². The third-order valence-corrected chi connectivity index (χ3v) is 4.99. The van der Waals surface area contributed by atoms with Gasteiger partial charge in [-0.25, -0.2) is 0 Å². The van der Waals surface area contributed by atoms with Crippen LogP contribution >= 0.6 is 22.9 Å². The van der Waals surface area contributed by atoms with Crippen molar-refractivity contribution in [1.29, 1.82) is 0 Å². The van der Waals surface area contributed by atoms with Gasteiger partial charge in [0, 0.05) is 15.9 Å². The lowest BCUT2D eigenvalue weighted by atomic mass is 10.1. The average molecular weight is 310 g/mol. The number of thiophene rings is 1. The molecule has 2 nitrogen and oxygen atoms in total. The minimum atomic E-state index is -0.130. The number of nitrogens with two attached hydrogens (primary N) is 1. The summed E-state index contributed by atoms with van der Waals surface area (Å²) in [6, 6.07) is 5.95. The monoisotopic (exact) mass is 309 g/mol. The first-order chi connectivity index (χ1) is 9.40. The third-order valence-electron chi connectivity index (χ3n) is 3.31. The summed E-state index contributed by atoms with van der Waals surface area (Å²) in [5.74, 6) is 0.819. The van der Waals surface area contributed by atoms with Crippen molar-refractivity contribution in [1.82, 2.24) is 0 Å². The van der Waals surface area contributed by atoms with Crippen LogP contribution in [0.1, 0.15) is 34.6 Å². The van der Waals surface area contributed by atoms with Gasteiger partial charge in [0.15, 0.2) is 0 Å². The van der Waals surface area contributed by atoms with E-state index in [1.165, 1.54) is 10.4 Å². The van der Waals surface area contributed by atoms with Crippen LogP contribution in [0.15, 0.2) is 23.6 Å². The standard InChI is InChI=1S/C16H20ClNOS/c1-9-5-6-20-16(9)15(12(4)18)19-13-7-10(2)14(17)11(3)8-13/h5-8,12,15H,18H2,1-4H3. The molecule has 2 rings (SSSR count). The molecule has 1 heterocycles. The van der Waals surface area contributed by atoms with Crippen molar-refractivity contribution in [2.75, 3.05) is 0 Å². The molecule has 0 bridgehead atoms. The van der Waals surface area contributed by atoms with E-state index in [1.54, 1.807) is 11.3 Å². The second kappa shape index (κ2) is 6.17. The third kappa shape index (κ3) is 3.17. The maximum Gasteiger partial charge on any atom is 0.148 e. The van der Waals surface area contributed by atoms with Gasteiger partial charge < -0.3 is 10.5 Å². The van der Waals surface area contributed by atoms with Gasteiger partial charge in [0.1, 0.15) is 11.9 Å². The van der Waals surface area contributed by atoms with E-state index in [0.717, 1.165) is 21.9 Å². The molecule has 2 aromatic rings. The highest BCUT2D eigenvalue weighted by Gasteiger charge is 2.22. The highest BCUT2D eigenvalue weighted by atomic mass is 35.5. The minimum absolute atomic E-state index is 0.0800. The molecule has 0 radical (unpaired) electrons. The Bertz CT molecular complexity index is 583. The van der Waals surface area contributed by atoms with E-state index < -0.39 is 0 Å². The van der Waals surface area contributed by atoms with Crippen LogP contribution in [0.4, 0.5) is 0 Å². The molecule has 0 saturated heterocycles. The van der Waals surface area contributed by atoms with Gasteiger partial charge in [-0.1, -0.05) is 11.6 Å². The van der Waals surface area contributed by atoms with Gasteiger partial charge in [0.25, 0.3) is 0 Å². The van der Waals surface area contributed by atoms with Crippen LogP contribution in [-0.4, -0.2) is 6.04 Å². The summed E-state index contributed by atoms with van der Waals surface area (Å²) in [6.45, 7) is 8.03. The molecule has 2 atom stereocenters. The highest BCUT2D eigenvalue weighted by Crippen LogP contribution is 2.33. The number of ether oxygens (including phenoxy) is 1. The maximum atomic E-state index is 6.20. The highest BCUT2D eigenvalue weighted by molar-refractivity contribution is 7.10. The van der Waals surface area contributed by atoms with Gasteiger partial charge >= 0.3 is 0 Å². The Kier molecular flexibility index (Phi) is 4.74. The van der Waals surface area contributed by atoms with Crippen molar-refractivity contribution >= 4 is 22.9 Å². The van der Waals surface area contributed by atoms with E-state index in [-0.39, 0.29) is 12.1 Å². The first-order valence-corrected chi connectivity index (χ1v) is 7.89. The molecule has 2 unspecified atom stereocenters. The van der Waals surface area contributed by atoms with Crippen molar-refractivity contribution in [3.63, 3.8) is 0 Å². The van der Waals surface area contributed by atoms with Crippen LogP contribution in [0, 0.1) is 20.8 Å². The van der Waals surface area contributed by atoms with E-state index in [0.29, 0.717) is 0 Å². The Labute approximate surface area is 129 Å². The predicted molar refractivity (Wildman–Crippen MR) is 87.0 cm³/mol. The summed E-state index contributed by atoms with van der Waals surface area (Å²) in [4.78, 5) is 1.19. The quantitative estimate of drug-likeness (QED) is 0.881.